The fraction of sp³-hybridized carbons (Fsp3) is 0.923. The Morgan fingerprint density at radius 1 is 0.392 bits per heavy atom. The van der Waals surface area contributed by atoms with Gasteiger partial charge in [-0.05, 0) is 84.2 Å². The molecule has 2 amide bonds. The van der Waals surface area contributed by atoms with Crippen LogP contribution >= 0.6 is 0 Å². The van der Waals surface area contributed by atoms with Gasteiger partial charge >= 0.3 is 0 Å². The van der Waals surface area contributed by atoms with Crippen LogP contribution in [0.2, 0.25) is 0 Å². The van der Waals surface area contributed by atoms with Gasteiger partial charge in [-0.15, -0.1) is 0 Å². The molecule has 0 aromatic rings. The van der Waals surface area contributed by atoms with Gasteiger partial charge < -0.3 is 29.1 Å². The van der Waals surface area contributed by atoms with E-state index in [0.717, 1.165) is 51.8 Å². The summed E-state index contributed by atoms with van der Waals surface area (Å²) in [7, 11) is 1.71. The van der Waals surface area contributed by atoms with Crippen LogP contribution < -0.4 is 0 Å². The van der Waals surface area contributed by atoms with Crippen LogP contribution in [0.1, 0.15) is 292 Å². The topological polar surface area (TPSA) is 76.6 Å². The summed E-state index contributed by atoms with van der Waals surface area (Å²) in [6.45, 7) is 26.7. The molecule has 0 atom stereocenters. The predicted octanol–water partition coefficient (Wildman–Crippen LogP) is 16.9. The molecule has 74 heavy (non-hydrogen) atoms. The highest BCUT2D eigenvalue weighted by Gasteiger charge is 2.22. The third kappa shape index (κ3) is 55.0. The molecule has 1 fully saturated rings. The van der Waals surface area contributed by atoms with Crippen molar-refractivity contribution in [1.82, 2.24) is 24.5 Å². The number of aldehydes is 1. The zero-order valence-electron chi connectivity index (χ0n) is 51.2. The SMILES string of the molecule is CCCC/C=C\COC.CCCCCCCCCCCCCCN(CC)CCCCCC=O.CCCCCCCCCN(CCCCCCCC)CCN(CCCCCCCCC)CC(=O)N1CCN(C=O)CC1. The maximum Gasteiger partial charge on any atom is 0.236 e. The fourth-order valence-corrected chi connectivity index (χ4v) is 9.91. The van der Waals surface area contributed by atoms with Crippen molar-refractivity contribution < 1.29 is 19.1 Å². The van der Waals surface area contributed by atoms with E-state index in [9.17, 15) is 14.4 Å². The molecule has 1 rings (SSSR count). The van der Waals surface area contributed by atoms with Crippen molar-refractivity contribution in [1.29, 1.82) is 0 Å². The highest BCUT2D eigenvalue weighted by atomic mass is 16.5. The van der Waals surface area contributed by atoms with Crippen LogP contribution in [0.15, 0.2) is 12.2 Å². The number of nitrogens with zero attached hydrogens (tertiary/aromatic N) is 5. The van der Waals surface area contributed by atoms with E-state index in [0.29, 0.717) is 32.7 Å². The molecule has 0 aromatic heterocycles. The van der Waals surface area contributed by atoms with Crippen LogP contribution in [0.5, 0.6) is 0 Å². The van der Waals surface area contributed by atoms with Crippen molar-refractivity contribution in [2.24, 2.45) is 0 Å². The van der Waals surface area contributed by atoms with Crippen LogP contribution in [0, 0.1) is 0 Å². The van der Waals surface area contributed by atoms with E-state index in [1.54, 1.807) is 12.0 Å². The summed E-state index contributed by atoms with van der Waals surface area (Å²) in [5.41, 5.74) is 0. The number of unbranched alkanes of at least 4 members (excludes halogenated alkanes) is 33. The van der Waals surface area contributed by atoms with Gasteiger partial charge in [0, 0.05) is 52.8 Å². The van der Waals surface area contributed by atoms with Crippen molar-refractivity contribution in [3.05, 3.63) is 12.2 Å². The smallest absolute Gasteiger partial charge is 0.236 e. The molecular formula is C65H131N5O4. The number of hydrogen-bond acceptors (Lipinski definition) is 7. The average molecular weight is 1050 g/mol. The Morgan fingerprint density at radius 2 is 0.743 bits per heavy atom. The minimum Gasteiger partial charge on any atom is -0.381 e. The first-order valence-electron chi connectivity index (χ1n) is 32.6. The number of amides is 2. The number of allylic oxidation sites excluding steroid dienone is 1. The summed E-state index contributed by atoms with van der Waals surface area (Å²) in [6.07, 6.45) is 58.1. The Bertz CT molecular complexity index is 1130. The van der Waals surface area contributed by atoms with E-state index in [4.69, 9.17) is 4.74 Å². The molecule has 0 saturated carbocycles. The number of rotatable bonds is 54. The molecule has 0 aliphatic carbocycles. The van der Waals surface area contributed by atoms with Crippen molar-refractivity contribution >= 4 is 18.6 Å². The van der Waals surface area contributed by atoms with E-state index >= 15 is 0 Å². The van der Waals surface area contributed by atoms with E-state index in [1.165, 1.54) is 270 Å². The second kappa shape index (κ2) is 63.7. The minimum atomic E-state index is 0.244. The van der Waals surface area contributed by atoms with Gasteiger partial charge in [0.2, 0.25) is 12.3 Å². The zero-order valence-corrected chi connectivity index (χ0v) is 51.2. The van der Waals surface area contributed by atoms with Crippen LogP contribution in [0.4, 0.5) is 0 Å². The average Bonchev–Trinajstić information content (AvgIpc) is 3.42. The summed E-state index contributed by atoms with van der Waals surface area (Å²) in [5.74, 6) is 0.244. The van der Waals surface area contributed by atoms with Gasteiger partial charge in [-0.3, -0.25) is 14.5 Å². The van der Waals surface area contributed by atoms with Gasteiger partial charge in [0.1, 0.15) is 6.29 Å². The molecule has 0 aromatic carbocycles. The number of piperazine rings is 1. The third-order valence-corrected chi connectivity index (χ3v) is 15.1. The Labute approximate surface area is 463 Å². The molecule has 1 aliphatic rings. The van der Waals surface area contributed by atoms with E-state index < -0.39 is 0 Å². The number of methoxy groups -OCH3 is 1. The number of carbonyl (C=O) groups excluding carboxylic acids is 3. The maximum absolute atomic E-state index is 13.2. The molecule has 0 bridgehead atoms. The summed E-state index contributed by atoms with van der Waals surface area (Å²) < 4.78 is 4.84. The van der Waals surface area contributed by atoms with Gasteiger partial charge in [0.05, 0.1) is 13.2 Å². The summed E-state index contributed by atoms with van der Waals surface area (Å²) >= 11 is 0. The Balaban J connectivity index is 0. The lowest BCUT2D eigenvalue weighted by molar-refractivity contribution is -0.136. The first-order chi connectivity index (χ1) is 36.4. The Morgan fingerprint density at radius 3 is 1.11 bits per heavy atom. The van der Waals surface area contributed by atoms with E-state index in [-0.39, 0.29) is 5.91 Å². The second-order valence-electron chi connectivity index (χ2n) is 22.1. The monoisotopic (exact) mass is 1050 g/mol. The van der Waals surface area contributed by atoms with Gasteiger partial charge in [-0.2, -0.15) is 0 Å². The van der Waals surface area contributed by atoms with Gasteiger partial charge in [0.15, 0.2) is 0 Å². The molecule has 1 saturated heterocycles. The van der Waals surface area contributed by atoms with Crippen molar-refractivity contribution in [2.75, 3.05) is 98.8 Å². The van der Waals surface area contributed by atoms with E-state index in [1.807, 2.05) is 4.90 Å². The van der Waals surface area contributed by atoms with Gasteiger partial charge in [-0.1, -0.05) is 253 Å². The molecule has 1 aliphatic heterocycles. The first-order valence-corrected chi connectivity index (χ1v) is 32.6. The van der Waals surface area contributed by atoms with Crippen LogP contribution in [0.25, 0.3) is 0 Å². The zero-order chi connectivity index (χ0) is 54.5. The Kier molecular flexibility index (Phi) is 63.9. The standard InChI is InChI=1S/C35H70N4O2.C22H45NO.C8H16O/c1-4-7-10-13-16-19-22-25-36(24-21-18-15-12-9-6-3)27-28-37(26-23-20-17-14-11-8-5-2)33-35(41)39-31-29-38(34-40)30-32-39;1-3-5-6-7-8-9-10-11-12-13-14-17-20-23(4-2)21-18-15-16-19-22-24;1-3-4-5-6-7-8-9-2/h34H,4-33H2,1-3H3;22H,3-21H2,1-2H3;6-7H,3-5,8H2,1-2H3/b;;7-6-. The number of ether oxygens (including phenoxy) is 1. The molecule has 0 spiro atoms. The number of hydrogen-bond donors (Lipinski definition) is 0. The van der Waals surface area contributed by atoms with Crippen molar-refractivity contribution in [2.45, 2.75) is 292 Å². The van der Waals surface area contributed by atoms with Crippen molar-refractivity contribution in [3.63, 3.8) is 0 Å². The molecule has 9 heteroatoms. The second-order valence-corrected chi connectivity index (χ2v) is 22.1. The van der Waals surface area contributed by atoms with Crippen LogP contribution in [0.3, 0.4) is 0 Å². The molecule has 0 unspecified atom stereocenters. The lowest BCUT2D eigenvalue weighted by Crippen LogP contribution is -2.51. The van der Waals surface area contributed by atoms with Crippen molar-refractivity contribution in [3.8, 4) is 0 Å². The quantitative estimate of drug-likeness (QED) is 0.0341. The van der Waals surface area contributed by atoms with Gasteiger partial charge in [-0.25, -0.2) is 0 Å². The van der Waals surface area contributed by atoms with E-state index in [2.05, 4.69) is 68.4 Å². The molecule has 440 valence electrons. The minimum absolute atomic E-state index is 0.244. The van der Waals surface area contributed by atoms with Crippen LogP contribution in [-0.2, 0) is 19.1 Å². The molecule has 1 heterocycles. The summed E-state index contributed by atoms with van der Waals surface area (Å²) in [5, 5.41) is 0. The summed E-state index contributed by atoms with van der Waals surface area (Å²) in [6, 6.07) is 0. The summed E-state index contributed by atoms with van der Waals surface area (Å²) in [4.78, 5) is 46.1. The molecular weight excluding hydrogens is 915 g/mol. The lowest BCUT2D eigenvalue weighted by atomic mass is 10.1. The highest BCUT2D eigenvalue weighted by molar-refractivity contribution is 5.78. The normalized spacial score (nSPS) is 12.7. The maximum atomic E-state index is 13.2. The Hall–Kier alpha value is -1.81. The van der Waals surface area contributed by atoms with Gasteiger partial charge in [0.25, 0.3) is 0 Å². The lowest BCUT2D eigenvalue weighted by Gasteiger charge is -2.34. The number of carbonyl (C=O) groups is 3. The predicted molar refractivity (Wildman–Crippen MR) is 325 cm³/mol. The molecule has 9 nitrogen and oxygen atoms in total. The fourth-order valence-electron chi connectivity index (χ4n) is 9.91. The molecule has 0 N–H and O–H groups in total. The third-order valence-electron chi connectivity index (χ3n) is 15.1. The first kappa shape index (κ1) is 74.3. The highest BCUT2D eigenvalue weighted by Crippen LogP contribution is 2.15. The van der Waals surface area contributed by atoms with Crippen LogP contribution in [-0.4, -0.2) is 142 Å². The molecule has 0 radical (unpaired) electrons. The largest absolute Gasteiger partial charge is 0.381 e.